The highest BCUT2D eigenvalue weighted by molar-refractivity contribution is 5.83. The summed E-state index contributed by atoms with van der Waals surface area (Å²) in [6, 6.07) is 12.6. The molecule has 0 bridgehead atoms. The lowest BCUT2D eigenvalue weighted by Gasteiger charge is -2.53. The zero-order chi connectivity index (χ0) is 19.9. The molecule has 1 fully saturated rings. The van der Waals surface area contributed by atoms with Crippen molar-refractivity contribution in [2.75, 3.05) is 6.61 Å². The van der Waals surface area contributed by atoms with Gasteiger partial charge in [-0.25, -0.2) is 9.97 Å². The van der Waals surface area contributed by atoms with Crippen LogP contribution in [0.25, 0.3) is 22.0 Å². The molecule has 5 atom stereocenters. The number of fused-ring (bicyclic) bond motifs is 1. The standard InChI is InChI=1S/C20H20N2O6/c23-9-15-17(24)18(25)20(15,27)19(26)28-14-4-1-11(2-5-14)12-3-6-16-13(7-12)8-21-10-22-16/h1-8,10,15,17-19,23-27H,9H2. The Balaban J connectivity index is 1.51. The predicted octanol–water partition coefficient (Wildman–Crippen LogP) is 0.0690. The minimum atomic E-state index is -2.15. The molecule has 1 aliphatic rings. The highest BCUT2D eigenvalue weighted by Crippen LogP contribution is 2.42. The van der Waals surface area contributed by atoms with Crippen molar-refractivity contribution in [1.82, 2.24) is 9.97 Å². The number of rotatable bonds is 5. The Labute approximate surface area is 160 Å². The van der Waals surface area contributed by atoms with Crippen LogP contribution >= 0.6 is 0 Å². The van der Waals surface area contributed by atoms with E-state index in [0.717, 1.165) is 22.0 Å². The van der Waals surface area contributed by atoms with Crippen molar-refractivity contribution in [3.05, 3.63) is 55.0 Å². The van der Waals surface area contributed by atoms with Gasteiger partial charge in [0.25, 0.3) is 0 Å². The molecule has 5 N–H and O–H groups in total. The number of nitrogens with zero attached hydrogens (tertiary/aromatic N) is 2. The predicted molar refractivity (Wildman–Crippen MR) is 99.1 cm³/mol. The van der Waals surface area contributed by atoms with Gasteiger partial charge in [0.05, 0.1) is 18.2 Å². The van der Waals surface area contributed by atoms with Gasteiger partial charge in [-0.2, -0.15) is 0 Å². The summed E-state index contributed by atoms with van der Waals surface area (Å²) in [6.45, 7) is -0.597. The van der Waals surface area contributed by atoms with E-state index in [4.69, 9.17) is 4.74 Å². The van der Waals surface area contributed by atoms with Crippen LogP contribution in [0, 0.1) is 5.92 Å². The van der Waals surface area contributed by atoms with Gasteiger partial charge in [-0.3, -0.25) is 0 Å². The maximum absolute atomic E-state index is 10.4. The lowest BCUT2D eigenvalue weighted by atomic mass is 9.64. The van der Waals surface area contributed by atoms with E-state index in [2.05, 4.69) is 9.97 Å². The van der Waals surface area contributed by atoms with Gasteiger partial charge in [0, 0.05) is 17.5 Å². The van der Waals surface area contributed by atoms with Gasteiger partial charge in [-0.1, -0.05) is 18.2 Å². The molecule has 8 nitrogen and oxygen atoms in total. The molecule has 0 radical (unpaired) electrons. The number of hydrogen-bond acceptors (Lipinski definition) is 8. The van der Waals surface area contributed by atoms with E-state index in [1.165, 1.54) is 6.33 Å². The van der Waals surface area contributed by atoms with E-state index in [-0.39, 0.29) is 5.75 Å². The van der Waals surface area contributed by atoms with Gasteiger partial charge in [-0.15, -0.1) is 0 Å². The summed E-state index contributed by atoms with van der Waals surface area (Å²) in [5.41, 5.74) is 0.546. The van der Waals surface area contributed by atoms with Crippen LogP contribution in [-0.2, 0) is 0 Å². The lowest BCUT2D eigenvalue weighted by Crippen LogP contribution is -2.76. The number of aliphatic hydroxyl groups excluding tert-OH is 4. The van der Waals surface area contributed by atoms with Crippen LogP contribution in [-0.4, -0.2) is 66.2 Å². The van der Waals surface area contributed by atoms with E-state index in [0.29, 0.717) is 0 Å². The number of ether oxygens (including phenoxy) is 1. The summed E-state index contributed by atoms with van der Waals surface area (Å²) in [5, 5.41) is 50.2. The normalized spacial score (nSPS) is 28.0. The second-order valence-electron chi connectivity index (χ2n) is 6.90. The zero-order valence-electron chi connectivity index (χ0n) is 14.8. The third kappa shape index (κ3) is 2.92. The summed E-state index contributed by atoms with van der Waals surface area (Å²) >= 11 is 0. The molecule has 0 spiro atoms. The molecule has 1 aliphatic carbocycles. The monoisotopic (exact) mass is 384 g/mol. The van der Waals surface area contributed by atoms with Crippen molar-refractivity contribution in [2.45, 2.75) is 24.1 Å². The van der Waals surface area contributed by atoms with Crippen molar-refractivity contribution in [3.63, 3.8) is 0 Å². The van der Waals surface area contributed by atoms with E-state index in [1.54, 1.807) is 30.5 Å². The molecule has 0 aliphatic heterocycles. The fraction of sp³-hybridized carbons (Fsp3) is 0.300. The van der Waals surface area contributed by atoms with E-state index in [9.17, 15) is 25.5 Å². The highest BCUT2D eigenvalue weighted by atomic mass is 16.6. The van der Waals surface area contributed by atoms with Gasteiger partial charge < -0.3 is 30.3 Å². The van der Waals surface area contributed by atoms with Crippen LogP contribution in [0.5, 0.6) is 5.75 Å². The first kappa shape index (κ1) is 18.7. The third-order valence-corrected chi connectivity index (χ3v) is 5.34. The molecular formula is C20H20N2O6. The molecule has 1 heterocycles. The van der Waals surface area contributed by atoms with Crippen molar-refractivity contribution in [1.29, 1.82) is 0 Å². The second kappa shape index (κ2) is 7.08. The Morgan fingerprint density at radius 1 is 1.07 bits per heavy atom. The van der Waals surface area contributed by atoms with Crippen LogP contribution in [0.4, 0.5) is 0 Å². The van der Waals surface area contributed by atoms with E-state index in [1.807, 2.05) is 18.2 Å². The molecule has 28 heavy (non-hydrogen) atoms. The molecule has 0 saturated heterocycles. The zero-order valence-corrected chi connectivity index (χ0v) is 14.8. The Morgan fingerprint density at radius 3 is 2.50 bits per heavy atom. The molecule has 4 rings (SSSR count). The summed E-state index contributed by atoms with van der Waals surface area (Å²) < 4.78 is 5.34. The minimum Gasteiger partial charge on any atom is -0.462 e. The Morgan fingerprint density at radius 2 is 1.79 bits per heavy atom. The Kier molecular flexibility index (Phi) is 4.74. The average molecular weight is 384 g/mol. The van der Waals surface area contributed by atoms with Crippen LogP contribution < -0.4 is 4.74 Å². The van der Waals surface area contributed by atoms with Crippen LogP contribution in [0.2, 0.25) is 0 Å². The van der Waals surface area contributed by atoms with Crippen LogP contribution in [0.15, 0.2) is 55.0 Å². The van der Waals surface area contributed by atoms with Gasteiger partial charge in [-0.05, 0) is 35.4 Å². The molecule has 2 aromatic carbocycles. The van der Waals surface area contributed by atoms with Gasteiger partial charge in [0.2, 0.25) is 6.29 Å². The minimum absolute atomic E-state index is 0.263. The van der Waals surface area contributed by atoms with Crippen LogP contribution in [0.1, 0.15) is 0 Å². The first-order chi connectivity index (χ1) is 13.4. The molecule has 8 heteroatoms. The number of benzene rings is 2. The smallest absolute Gasteiger partial charge is 0.229 e. The second-order valence-corrected chi connectivity index (χ2v) is 6.90. The molecule has 5 unspecified atom stereocenters. The fourth-order valence-corrected chi connectivity index (χ4v) is 3.56. The van der Waals surface area contributed by atoms with Crippen molar-refractivity contribution < 1.29 is 30.3 Å². The highest BCUT2D eigenvalue weighted by Gasteiger charge is 2.65. The number of aromatic nitrogens is 2. The number of aliphatic hydroxyl groups is 5. The van der Waals surface area contributed by atoms with Gasteiger partial charge in [0.1, 0.15) is 18.2 Å². The maximum atomic E-state index is 10.4. The topological polar surface area (TPSA) is 136 Å². The van der Waals surface area contributed by atoms with Gasteiger partial charge in [0.15, 0.2) is 5.60 Å². The Hall–Kier alpha value is -2.62. The first-order valence-corrected chi connectivity index (χ1v) is 8.79. The van der Waals surface area contributed by atoms with Crippen molar-refractivity contribution in [3.8, 4) is 16.9 Å². The van der Waals surface area contributed by atoms with Crippen molar-refractivity contribution >= 4 is 10.9 Å². The first-order valence-electron chi connectivity index (χ1n) is 8.79. The number of hydrogen-bond donors (Lipinski definition) is 5. The molecule has 146 valence electrons. The van der Waals surface area contributed by atoms with Crippen LogP contribution in [0.3, 0.4) is 0 Å². The summed E-state index contributed by atoms with van der Waals surface area (Å²) in [6.07, 6.45) is -1.53. The van der Waals surface area contributed by atoms with Gasteiger partial charge >= 0.3 is 0 Å². The largest absolute Gasteiger partial charge is 0.462 e. The molecule has 1 aromatic heterocycles. The van der Waals surface area contributed by atoms with E-state index < -0.39 is 36.6 Å². The lowest BCUT2D eigenvalue weighted by molar-refractivity contribution is -0.332. The summed E-state index contributed by atoms with van der Waals surface area (Å²) in [5.74, 6) is -0.837. The molecule has 0 amide bonds. The molecular weight excluding hydrogens is 364 g/mol. The Bertz CT molecular complexity index is 982. The third-order valence-electron chi connectivity index (χ3n) is 5.34. The quantitative estimate of drug-likeness (QED) is 0.390. The average Bonchev–Trinajstić information content (AvgIpc) is 2.73. The summed E-state index contributed by atoms with van der Waals surface area (Å²) in [7, 11) is 0. The summed E-state index contributed by atoms with van der Waals surface area (Å²) in [4.78, 5) is 8.20. The maximum Gasteiger partial charge on any atom is 0.229 e. The van der Waals surface area contributed by atoms with E-state index >= 15 is 0 Å². The van der Waals surface area contributed by atoms with Crippen molar-refractivity contribution in [2.24, 2.45) is 5.92 Å². The molecule has 3 aromatic rings. The fourth-order valence-electron chi connectivity index (χ4n) is 3.56. The molecule has 1 saturated carbocycles. The SMILES string of the molecule is OCC1C(O)C(O)C1(O)C(O)Oc1ccc(-c2ccc3ncncc3c2)cc1.